The summed E-state index contributed by atoms with van der Waals surface area (Å²) in [5.41, 5.74) is 0.158. The van der Waals surface area contributed by atoms with Gasteiger partial charge in [-0.1, -0.05) is 30.3 Å². The predicted molar refractivity (Wildman–Crippen MR) is 103 cm³/mol. The topological polar surface area (TPSA) is 125 Å². The van der Waals surface area contributed by atoms with E-state index in [1.807, 2.05) is 30.3 Å². The number of nitriles is 1. The molecule has 2 aromatic rings. The van der Waals surface area contributed by atoms with Crippen molar-refractivity contribution in [2.24, 2.45) is 0 Å². The molecule has 0 aromatic heterocycles. The largest absolute Gasteiger partial charge is 0.504 e. The minimum absolute atomic E-state index is 0.0586. The highest BCUT2D eigenvalue weighted by Gasteiger charge is 2.19. The van der Waals surface area contributed by atoms with Gasteiger partial charge in [0.2, 0.25) is 0 Å². The number of nitro benzene ring substituents is 1. The molecule has 0 fully saturated rings. The number of ether oxygens (including phenoxy) is 1. The Morgan fingerprint density at radius 1 is 1.39 bits per heavy atom. The summed E-state index contributed by atoms with van der Waals surface area (Å²) in [6, 6.07) is 12.7. The maximum atomic E-state index is 12.5. The summed E-state index contributed by atoms with van der Waals surface area (Å²) in [5.74, 6) is -1.15. The van der Waals surface area contributed by atoms with E-state index in [4.69, 9.17) is 4.74 Å². The molecule has 0 spiro atoms. The van der Waals surface area contributed by atoms with Crippen LogP contribution in [0, 0.1) is 21.4 Å². The first-order valence-corrected chi connectivity index (χ1v) is 8.49. The zero-order chi connectivity index (χ0) is 20.7. The van der Waals surface area contributed by atoms with E-state index < -0.39 is 10.8 Å². The monoisotopic (exact) mass is 381 g/mol. The summed E-state index contributed by atoms with van der Waals surface area (Å²) in [5, 5.41) is 33.4. The summed E-state index contributed by atoms with van der Waals surface area (Å²) in [6.45, 7) is 3.60. The van der Waals surface area contributed by atoms with Gasteiger partial charge in [0.25, 0.3) is 11.6 Å². The quantitative estimate of drug-likeness (QED) is 0.327. The number of benzene rings is 2. The van der Waals surface area contributed by atoms with Crippen molar-refractivity contribution < 1.29 is 19.6 Å². The van der Waals surface area contributed by atoms with E-state index in [1.165, 1.54) is 0 Å². The minimum Gasteiger partial charge on any atom is -0.504 e. The predicted octanol–water partition coefficient (Wildman–Crippen LogP) is 3.48. The van der Waals surface area contributed by atoms with E-state index in [-0.39, 0.29) is 41.0 Å². The molecule has 0 aliphatic heterocycles. The van der Waals surface area contributed by atoms with Crippen molar-refractivity contribution in [1.82, 2.24) is 5.32 Å². The van der Waals surface area contributed by atoms with Gasteiger partial charge in [-0.15, -0.1) is 0 Å². The molecule has 144 valence electrons. The molecule has 0 aliphatic rings. The number of phenolic OH excluding ortho intramolecular Hbond substituents is 1. The standard InChI is InChI=1S/C20H19N3O5/c1-3-28-18-11-17(23(26)27)10-15(19(18)24)9-16(12-21)20(25)22-13(2)14-7-5-4-6-8-14/h4-11,13,24H,3H2,1-2H3,(H,22,25)/b16-9-/t13-/m1/s1. The third-order valence-electron chi connectivity index (χ3n) is 3.91. The molecule has 0 aliphatic carbocycles. The summed E-state index contributed by atoms with van der Waals surface area (Å²) in [7, 11) is 0. The number of rotatable bonds is 7. The number of amides is 1. The van der Waals surface area contributed by atoms with Crippen molar-refractivity contribution in [3.05, 3.63) is 69.3 Å². The number of carbonyl (C=O) groups is 1. The van der Waals surface area contributed by atoms with E-state index in [2.05, 4.69) is 5.32 Å². The summed E-state index contributed by atoms with van der Waals surface area (Å²) >= 11 is 0. The van der Waals surface area contributed by atoms with Gasteiger partial charge >= 0.3 is 0 Å². The summed E-state index contributed by atoms with van der Waals surface area (Å²) in [6.07, 6.45) is 1.10. The van der Waals surface area contributed by atoms with E-state index in [1.54, 1.807) is 19.9 Å². The van der Waals surface area contributed by atoms with E-state index in [0.29, 0.717) is 0 Å². The Bertz CT molecular complexity index is 948. The Kier molecular flexibility index (Phi) is 6.71. The molecule has 2 N–H and O–H groups in total. The van der Waals surface area contributed by atoms with Gasteiger partial charge in [0.05, 0.1) is 23.6 Å². The van der Waals surface area contributed by atoms with Crippen LogP contribution in [0.3, 0.4) is 0 Å². The molecule has 0 radical (unpaired) electrons. The SMILES string of the molecule is CCOc1cc([N+](=O)[O-])cc(/C=C(/C#N)C(=O)N[C@H](C)c2ccccc2)c1O. The van der Waals surface area contributed by atoms with Gasteiger partial charge in [0.1, 0.15) is 11.6 Å². The second kappa shape index (κ2) is 9.19. The lowest BCUT2D eigenvalue weighted by Crippen LogP contribution is -2.27. The van der Waals surface area contributed by atoms with Gasteiger partial charge in [-0.25, -0.2) is 0 Å². The second-order valence-corrected chi connectivity index (χ2v) is 5.85. The van der Waals surface area contributed by atoms with Crippen molar-refractivity contribution in [1.29, 1.82) is 5.26 Å². The lowest BCUT2D eigenvalue weighted by molar-refractivity contribution is -0.385. The Morgan fingerprint density at radius 2 is 2.07 bits per heavy atom. The lowest BCUT2D eigenvalue weighted by Gasteiger charge is -2.14. The molecule has 0 saturated heterocycles. The zero-order valence-corrected chi connectivity index (χ0v) is 15.4. The molecule has 1 amide bonds. The van der Waals surface area contributed by atoms with Crippen LogP contribution in [-0.4, -0.2) is 22.5 Å². The van der Waals surface area contributed by atoms with Crippen LogP contribution in [0.5, 0.6) is 11.5 Å². The molecule has 8 nitrogen and oxygen atoms in total. The van der Waals surface area contributed by atoms with Crippen LogP contribution >= 0.6 is 0 Å². The fraction of sp³-hybridized carbons (Fsp3) is 0.200. The van der Waals surface area contributed by atoms with Crippen molar-refractivity contribution in [3.8, 4) is 17.6 Å². The fourth-order valence-electron chi connectivity index (χ4n) is 2.50. The zero-order valence-electron chi connectivity index (χ0n) is 15.4. The highest BCUT2D eigenvalue weighted by atomic mass is 16.6. The van der Waals surface area contributed by atoms with Gasteiger partial charge in [-0.05, 0) is 25.5 Å². The van der Waals surface area contributed by atoms with Crippen LogP contribution in [0.25, 0.3) is 6.08 Å². The average Bonchev–Trinajstić information content (AvgIpc) is 2.69. The third-order valence-corrected chi connectivity index (χ3v) is 3.91. The molecule has 0 bridgehead atoms. The Labute approximate surface area is 161 Å². The van der Waals surface area contributed by atoms with Crippen LogP contribution < -0.4 is 10.1 Å². The third kappa shape index (κ3) is 4.86. The number of phenols is 1. The van der Waals surface area contributed by atoms with Gasteiger partial charge < -0.3 is 15.2 Å². The number of nitrogens with one attached hydrogen (secondary N) is 1. The first kappa shape index (κ1) is 20.5. The normalized spacial score (nSPS) is 12.0. The van der Waals surface area contributed by atoms with Crippen molar-refractivity contribution in [3.63, 3.8) is 0 Å². The molecule has 0 saturated carbocycles. The molecule has 0 unspecified atom stereocenters. The number of nitro groups is 1. The summed E-state index contributed by atoms with van der Waals surface area (Å²) < 4.78 is 5.20. The number of aromatic hydroxyl groups is 1. The van der Waals surface area contributed by atoms with Crippen LogP contribution in [0.1, 0.15) is 31.0 Å². The summed E-state index contributed by atoms with van der Waals surface area (Å²) in [4.78, 5) is 22.9. The van der Waals surface area contributed by atoms with Crippen molar-refractivity contribution in [2.45, 2.75) is 19.9 Å². The number of hydrogen-bond donors (Lipinski definition) is 2. The molecular formula is C20H19N3O5. The molecule has 8 heteroatoms. The van der Waals surface area contributed by atoms with Crippen molar-refractivity contribution >= 4 is 17.7 Å². The molecule has 0 heterocycles. The van der Waals surface area contributed by atoms with E-state index in [9.17, 15) is 25.3 Å². The Hall–Kier alpha value is -3.86. The molecular weight excluding hydrogens is 362 g/mol. The van der Waals surface area contributed by atoms with Crippen molar-refractivity contribution in [2.75, 3.05) is 6.61 Å². The smallest absolute Gasteiger partial charge is 0.274 e. The fourth-order valence-corrected chi connectivity index (χ4v) is 2.50. The average molecular weight is 381 g/mol. The Balaban J connectivity index is 2.36. The first-order chi connectivity index (χ1) is 13.4. The van der Waals surface area contributed by atoms with Crippen LogP contribution in [0.15, 0.2) is 48.0 Å². The lowest BCUT2D eigenvalue weighted by atomic mass is 10.1. The Morgan fingerprint density at radius 3 is 2.64 bits per heavy atom. The second-order valence-electron chi connectivity index (χ2n) is 5.85. The maximum Gasteiger partial charge on any atom is 0.274 e. The first-order valence-electron chi connectivity index (χ1n) is 8.49. The molecule has 2 aromatic carbocycles. The number of hydrogen-bond acceptors (Lipinski definition) is 6. The molecule has 2 rings (SSSR count). The van der Waals surface area contributed by atoms with E-state index in [0.717, 1.165) is 23.8 Å². The van der Waals surface area contributed by atoms with Gasteiger partial charge in [0, 0.05) is 11.6 Å². The minimum atomic E-state index is -0.664. The van der Waals surface area contributed by atoms with Gasteiger partial charge in [-0.3, -0.25) is 14.9 Å². The van der Waals surface area contributed by atoms with Gasteiger partial charge in [0.15, 0.2) is 11.5 Å². The van der Waals surface area contributed by atoms with Gasteiger partial charge in [-0.2, -0.15) is 5.26 Å². The van der Waals surface area contributed by atoms with E-state index >= 15 is 0 Å². The molecule has 28 heavy (non-hydrogen) atoms. The maximum absolute atomic E-state index is 12.5. The number of carbonyl (C=O) groups excluding carboxylic acids is 1. The van der Waals surface area contributed by atoms with Crippen LogP contribution in [0.2, 0.25) is 0 Å². The van der Waals surface area contributed by atoms with Crippen LogP contribution in [-0.2, 0) is 4.79 Å². The number of non-ortho nitro benzene ring substituents is 1. The number of nitrogens with zero attached hydrogens (tertiary/aromatic N) is 2. The highest BCUT2D eigenvalue weighted by Crippen LogP contribution is 2.36. The molecule has 1 atom stereocenters. The highest BCUT2D eigenvalue weighted by molar-refractivity contribution is 6.02. The van der Waals surface area contributed by atoms with Crippen LogP contribution in [0.4, 0.5) is 5.69 Å².